The zero-order chi connectivity index (χ0) is 10.4. The second-order valence-corrected chi connectivity index (χ2v) is 4.91. The minimum atomic E-state index is 0.893. The van der Waals surface area contributed by atoms with Gasteiger partial charge in [0.25, 0.3) is 0 Å². The predicted molar refractivity (Wildman–Crippen MR) is 63.6 cm³/mol. The molecule has 0 saturated heterocycles. The van der Waals surface area contributed by atoms with Gasteiger partial charge >= 0.3 is 0 Å². The van der Waals surface area contributed by atoms with Crippen molar-refractivity contribution in [1.82, 2.24) is 4.90 Å². The van der Waals surface area contributed by atoms with Gasteiger partial charge in [-0.15, -0.1) is 0 Å². The minimum absolute atomic E-state index is 0.893. The van der Waals surface area contributed by atoms with Crippen LogP contribution < -0.4 is 0 Å². The van der Waals surface area contributed by atoms with Crippen molar-refractivity contribution in [1.29, 1.82) is 0 Å². The fraction of sp³-hybridized carbons (Fsp3) is 1.00. The van der Waals surface area contributed by atoms with Gasteiger partial charge in [0.15, 0.2) is 0 Å². The fourth-order valence-corrected chi connectivity index (χ4v) is 2.63. The highest BCUT2D eigenvalue weighted by atomic mass is 15.1. The summed E-state index contributed by atoms with van der Waals surface area (Å²) in [6.45, 7) is 5.96. The van der Waals surface area contributed by atoms with Crippen molar-refractivity contribution >= 4 is 0 Å². The van der Waals surface area contributed by atoms with E-state index in [1.807, 2.05) is 0 Å². The lowest BCUT2D eigenvalue weighted by Gasteiger charge is -2.33. The molecule has 0 radical (unpaired) electrons. The number of nitrogens with zero attached hydrogens (tertiary/aromatic N) is 1. The van der Waals surface area contributed by atoms with E-state index in [4.69, 9.17) is 0 Å². The van der Waals surface area contributed by atoms with Crippen LogP contribution in [0.15, 0.2) is 0 Å². The summed E-state index contributed by atoms with van der Waals surface area (Å²) in [6, 6.07) is 0.893. The molecule has 0 aromatic rings. The third kappa shape index (κ3) is 3.61. The largest absolute Gasteiger partial charge is 0.303 e. The van der Waals surface area contributed by atoms with Crippen LogP contribution in [0.4, 0.5) is 0 Å². The first kappa shape index (κ1) is 12.0. The summed E-state index contributed by atoms with van der Waals surface area (Å²) >= 11 is 0. The van der Waals surface area contributed by atoms with Crippen molar-refractivity contribution in [3.8, 4) is 0 Å². The molecular weight excluding hydrogens is 170 g/mol. The van der Waals surface area contributed by atoms with E-state index in [-0.39, 0.29) is 0 Å². The third-order valence-corrected chi connectivity index (χ3v) is 3.90. The molecule has 1 aliphatic rings. The van der Waals surface area contributed by atoms with Crippen LogP contribution in [0.1, 0.15) is 58.8 Å². The second-order valence-electron chi connectivity index (χ2n) is 4.91. The fourth-order valence-electron chi connectivity index (χ4n) is 2.63. The number of hydrogen-bond acceptors (Lipinski definition) is 1. The Hall–Kier alpha value is -0.0400. The Morgan fingerprint density at radius 2 is 1.64 bits per heavy atom. The summed E-state index contributed by atoms with van der Waals surface area (Å²) in [5.74, 6) is 0.918. The molecular formula is C13H27N. The Kier molecular flexibility index (Phi) is 5.54. The van der Waals surface area contributed by atoms with Crippen LogP contribution in [0.3, 0.4) is 0 Å². The van der Waals surface area contributed by atoms with Crippen molar-refractivity contribution in [2.24, 2.45) is 5.92 Å². The molecule has 1 rings (SSSR count). The summed E-state index contributed by atoms with van der Waals surface area (Å²) in [5.41, 5.74) is 0. The van der Waals surface area contributed by atoms with Crippen LogP contribution >= 0.6 is 0 Å². The Morgan fingerprint density at radius 1 is 1.07 bits per heavy atom. The summed E-state index contributed by atoms with van der Waals surface area (Å²) in [7, 11) is 2.33. The number of hydrogen-bond donors (Lipinski definition) is 0. The summed E-state index contributed by atoms with van der Waals surface area (Å²) < 4.78 is 0. The van der Waals surface area contributed by atoms with Crippen LogP contribution in [-0.4, -0.2) is 24.5 Å². The van der Waals surface area contributed by atoms with E-state index in [9.17, 15) is 0 Å². The maximum Gasteiger partial charge on any atom is 0.00923 e. The monoisotopic (exact) mass is 197 g/mol. The summed E-state index contributed by atoms with van der Waals surface area (Å²) in [4.78, 5) is 2.62. The van der Waals surface area contributed by atoms with Crippen molar-refractivity contribution in [2.45, 2.75) is 64.8 Å². The van der Waals surface area contributed by atoms with E-state index in [1.165, 1.54) is 51.5 Å². The molecule has 1 fully saturated rings. The van der Waals surface area contributed by atoms with E-state index in [2.05, 4.69) is 25.8 Å². The maximum atomic E-state index is 2.62. The van der Waals surface area contributed by atoms with Gasteiger partial charge in [0, 0.05) is 12.6 Å². The van der Waals surface area contributed by atoms with Crippen LogP contribution in [0.25, 0.3) is 0 Å². The van der Waals surface area contributed by atoms with Gasteiger partial charge in [0.05, 0.1) is 0 Å². The summed E-state index contributed by atoms with van der Waals surface area (Å²) in [5, 5.41) is 0. The number of rotatable bonds is 5. The van der Waals surface area contributed by atoms with Crippen molar-refractivity contribution < 1.29 is 0 Å². The van der Waals surface area contributed by atoms with E-state index < -0.39 is 0 Å². The highest BCUT2D eigenvalue weighted by Gasteiger charge is 2.19. The third-order valence-electron chi connectivity index (χ3n) is 3.90. The van der Waals surface area contributed by atoms with Gasteiger partial charge in [-0.3, -0.25) is 0 Å². The first-order valence-corrected chi connectivity index (χ1v) is 6.48. The smallest absolute Gasteiger partial charge is 0.00923 e. The molecule has 1 nitrogen and oxygen atoms in total. The van der Waals surface area contributed by atoms with Gasteiger partial charge in [-0.2, -0.15) is 0 Å². The van der Waals surface area contributed by atoms with Crippen LogP contribution in [0, 0.1) is 5.92 Å². The molecule has 1 saturated carbocycles. The zero-order valence-electron chi connectivity index (χ0n) is 10.3. The Balaban J connectivity index is 2.27. The quantitative estimate of drug-likeness (QED) is 0.650. The average molecular weight is 197 g/mol. The Bertz CT molecular complexity index is 134. The standard InChI is InChI=1S/C13H27N/c1-4-12(5-2)11-14(3)13-9-7-6-8-10-13/h12-13H,4-11H2,1-3H3. The van der Waals surface area contributed by atoms with Crippen LogP contribution in [-0.2, 0) is 0 Å². The molecule has 14 heavy (non-hydrogen) atoms. The molecule has 1 heteroatoms. The molecule has 0 atom stereocenters. The van der Waals surface area contributed by atoms with Gasteiger partial charge < -0.3 is 4.90 Å². The Morgan fingerprint density at radius 3 is 2.14 bits per heavy atom. The molecule has 0 N–H and O–H groups in total. The molecule has 0 bridgehead atoms. The van der Waals surface area contributed by atoms with Gasteiger partial charge in [-0.25, -0.2) is 0 Å². The van der Waals surface area contributed by atoms with E-state index in [0.717, 1.165) is 12.0 Å². The van der Waals surface area contributed by atoms with Crippen LogP contribution in [0.5, 0.6) is 0 Å². The van der Waals surface area contributed by atoms with E-state index >= 15 is 0 Å². The molecule has 0 aromatic heterocycles. The van der Waals surface area contributed by atoms with Crippen molar-refractivity contribution in [2.75, 3.05) is 13.6 Å². The molecule has 0 unspecified atom stereocenters. The first-order chi connectivity index (χ1) is 6.77. The SMILES string of the molecule is CCC(CC)CN(C)C1CCCCC1. The lowest BCUT2D eigenvalue weighted by atomic mass is 9.93. The van der Waals surface area contributed by atoms with E-state index in [0.29, 0.717) is 0 Å². The van der Waals surface area contributed by atoms with E-state index in [1.54, 1.807) is 0 Å². The molecule has 0 amide bonds. The normalized spacial score (nSPS) is 19.5. The lowest BCUT2D eigenvalue weighted by molar-refractivity contribution is 0.163. The minimum Gasteiger partial charge on any atom is -0.303 e. The zero-order valence-corrected chi connectivity index (χ0v) is 10.3. The Labute approximate surface area is 89.9 Å². The van der Waals surface area contributed by atoms with Crippen molar-refractivity contribution in [3.63, 3.8) is 0 Å². The molecule has 1 aliphatic carbocycles. The van der Waals surface area contributed by atoms with Crippen molar-refractivity contribution in [3.05, 3.63) is 0 Å². The summed E-state index contributed by atoms with van der Waals surface area (Å²) in [6.07, 6.45) is 9.94. The molecule has 0 heterocycles. The molecule has 0 spiro atoms. The molecule has 0 aliphatic heterocycles. The van der Waals surface area contributed by atoms with Gasteiger partial charge in [0.1, 0.15) is 0 Å². The highest BCUT2D eigenvalue weighted by molar-refractivity contribution is 4.74. The first-order valence-electron chi connectivity index (χ1n) is 6.48. The van der Waals surface area contributed by atoms with Crippen LogP contribution in [0.2, 0.25) is 0 Å². The average Bonchev–Trinajstić information content (AvgIpc) is 2.26. The van der Waals surface area contributed by atoms with Gasteiger partial charge in [-0.05, 0) is 25.8 Å². The highest BCUT2D eigenvalue weighted by Crippen LogP contribution is 2.23. The lowest BCUT2D eigenvalue weighted by Crippen LogP contribution is -2.36. The second kappa shape index (κ2) is 6.44. The van der Waals surface area contributed by atoms with Gasteiger partial charge in [0.2, 0.25) is 0 Å². The molecule has 84 valence electrons. The predicted octanol–water partition coefficient (Wildman–Crippen LogP) is 3.69. The molecule has 0 aromatic carbocycles. The van der Waals surface area contributed by atoms with Gasteiger partial charge in [-0.1, -0.05) is 46.0 Å². The maximum absolute atomic E-state index is 2.62. The topological polar surface area (TPSA) is 3.24 Å².